The van der Waals surface area contributed by atoms with Crippen molar-refractivity contribution in [3.8, 4) is 0 Å². The molecule has 0 aliphatic rings. The Morgan fingerprint density at radius 3 is 2.50 bits per heavy atom. The molecule has 0 radical (unpaired) electrons. The number of nitrogen functional groups attached to an aromatic ring is 1. The van der Waals surface area contributed by atoms with Crippen molar-refractivity contribution in [1.29, 1.82) is 0 Å². The quantitative estimate of drug-likeness (QED) is 0.508. The number of halogens is 1. The number of carbonyl (C=O) groups is 1. The third-order valence-electron chi connectivity index (χ3n) is 3.54. The Morgan fingerprint density at radius 2 is 1.85 bits per heavy atom. The van der Waals surface area contributed by atoms with E-state index in [0.717, 1.165) is 10.6 Å². The lowest BCUT2D eigenvalue weighted by Gasteiger charge is -2.12. The molecule has 1 aromatic carbocycles. The molecule has 0 bridgehead atoms. The first kappa shape index (κ1) is 17.5. The first-order chi connectivity index (χ1) is 12.4. The topological polar surface area (TPSA) is 118 Å². The molecule has 3 rings (SSSR count). The number of aromatic nitrogens is 3. The second-order valence-electron chi connectivity index (χ2n) is 5.36. The number of hydrogen-bond acceptors (Lipinski definition) is 8. The number of amides is 1. The molecule has 2 aromatic heterocycles. The van der Waals surface area contributed by atoms with Crippen molar-refractivity contribution in [2.24, 2.45) is 0 Å². The molecule has 0 unspecified atom stereocenters. The molecule has 26 heavy (non-hydrogen) atoms. The number of nitrogens with one attached hydrogen (secondary N) is 3. The summed E-state index contributed by atoms with van der Waals surface area (Å²) in [7, 11) is 0. The van der Waals surface area contributed by atoms with Crippen LogP contribution in [0.5, 0.6) is 0 Å². The first-order valence-electron chi connectivity index (χ1n) is 7.57. The van der Waals surface area contributed by atoms with Gasteiger partial charge < -0.3 is 11.1 Å². The molecule has 0 saturated carbocycles. The highest BCUT2D eigenvalue weighted by molar-refractivity contribution is 7.15. The SMILES string of the molecule is Cc1nc(Nc2ncnc(NNC(=O)c3ccc(F)cc3)c2N)sc1C. The zero-order valence-corrected chi connectivity index (χ0v) is 14.8. The van der Waals surface area contributed by atoms with Crippen LogP contribution in [-0.4, -0.2) is 20.9 Å². The van der Waals surface area contributed by atoms with Crippen LogP contribution in [0.4, 0.5) is 26.8 Å². The fourth-order valence-electron chi connectivity index (χ4n) is 2.01. The average Bonchev–Trinajstić information content (AvgIpc) is 2.93. The van der Waals surface area contributed by atoms with Crippen LogP contribution in [0.25, 0.3) is 0 Å². The van der Waals surface area contributed by atoms with Crippen molar-refractivity contribution in [3.63, 3.8) is 0 Å². The lowest BCUT2D eigenvalue weighted by atomic mass is 10.2. The highest BCUT2D eigenvalue weighted by Crippen LogP contribution is 2.28. The number of nitrogens with zero attached hydrogens (tertiary/aromatic N) is 3. The van der Waals surface area contributed by atoms with Crippen LogP contribution in [0.15, 0.2) is 30.6 Å². The van der Waals surface area contributed by atoms with Gasteiger partial charge in [0.1, 0.15) is 17.8 Å². The maximum atomic E-state index is 12.9. The van der Waals surface area contributed by atoms with Gasteiger partial charge in [-0.3, -0.25) is 15.6 Å². The van der Waals surface area contributed by atoms with E-state index in [4.69, 9.17) is 5.73 Å². The molecule has 3 aromatic rings. The fourth-order valence-corrected chi connectivity index (χ4v) is 2.83. The summed E-state index contributed by atoms with van der Waals surface area (Å²) >= 11 is 1.48. The molecule has 0 aliphatic heterocycles. The summed E-state index contributed by atoms with van der Waals surface area (Å²) in [5, 5.41) is 3.70. The highest BCUT2D eigenvalue weighted by Gasteiger charge is 2.12. The van der Waals surface area contributed by atoms with Crippen molar-refractivity contribution < 1.29 is 9.18 Å². The third-order valence-corrected chi connectivity index (χ3v) is 4.53. The van der Waals surface area contributed by atoms with Gasteiger partial charge in [-0.2, -0.15) is 0 Å². The summed E-state index contributed by atoms with van der Waals surface area (Å²) in [6.45, 7) is 3.89. The van der Waals surface area contributed by atoms with Crippen molar-refractivity contribution in [1.82, 2.24) is 20.4 Å². The third kappa shape index (κ3) is 3.86. The van der Waals surface area contributed by atoms with Crippen LogP contribution in [0, 0.1) is 19.7 Å². The predicted molar refractivity (Wildman–Crippen MR) is 98.8 cm³/mol. The summed E-state index contributed by atoms with van der Waals surface area (Å²) in [4.78, 5) is 25.6. The molecule has 0 aliphatic carbocycles. The Labute approximate surface area is 152 Å². The molecule has 10 heteroatoms. The minimum absolute atomic E-state index is 0.220. The van der Waals surface area contributed by atoms with Gasteiger partial charge in [-0.25, -0.2) is 19.3 Å². The number of benzene rings is 1. The normalized spacial score (nSPS) is 10.4. The van der Waals surface area contributed by atoms with Gasteiger partial charge in [0, 0.05) is 10.4 Å². The zero-order valence-electron chi connectivity index (χ0n) is 14.0. The number of anilines is 4. The number of thiazole rings is 1. The van der Waals surface area contributed by atoms with Gasteiger partial charge in [-0.15, -0.1) is 11.3 Å². The summed E-state index contributed by atoms with van der Waals surface area (Å²) in [6.07, 6.45) is 1.30. The number of hydrogen-bond donors (Lipinski definition) is 4. The molecular formula is C16H16FN7OS. The van der Waals surface area contributed by atoms with Crippen LogP contribution >= 0.6 is 11.3 Å². The van der Waals surface area contributed by atoms with Gasteiger partial charge >= 0.3 is 0 Å². The second-order valence-corrected chi connectivity index (χ2v) is 6.56. The summed E-state index contributed by atoms with van der Waals surface area (Å²) in [5.74, 6) is -0.281. The molecule has 0 spiro atoms. The van der Waals surface area contributed by atoms with Gasteiger partial charge in [0.15, 0.2) is 16.8 Å². The van der Waals surface area contributed by atoms with Gasteiger partial charge in [0.2, 0.25) is 0 Å². The Kier molecular flexibility index (Phi) is 4.94. The van der Waals surface area contributed by atoms with Crippen LogP contribution in [-0.2, 0) is 0 Å². The van der Waals surface area contributed by atoms with Crippen molar-refractivity contribution >= 4 is 39.7 Å². The Hall–Kier alpha value is -3.27. The van der Waals surface area contributed by atoms with E-state index in [1.165, 1.54) is 41.9 Å². The van der Waals surface area contributed by atoms with E-state index in [9.17, 15) is 9.18 Å². The number of carbonyl (C=O) groups excluding carboxylic acids is 1. The maximum absolute atomic E-state index is 12.9. The summed E-state index contributed by atoms with van der Waals surface area (Å²) in [6, 6.07) is 5.15. The standard InChI is InChI=1S/C16H16FN7OS/c1-8-9(2)26-16(21-8)22-13-12(18)14(20-7-19-13)23-24-15(25)10-3-5-11(17)6-4-10/h3-7H,18H2,1-2H3,(H,24,25)(H2,19,20,21,22,23). The lowest BCUT2D eigenvalue weighted by Crippen LogP contribution is -2.30. The van der Waals surface area contributed by atoms with Gasteiger partial charge in [0.05, 0.1) is 5.69 Å². The number of nitrogens with two attached hydrogens (primary N) is 1. The van der Waals surface area contributed by atoms with Gasteiger partial charge in [0.25, 0.3) is 5.91 Å². The van der Waals surface area contributed by atoms with E-state index in [0.29, 0.717) is 16.5 Å². The molecule has 134 valence electrons. The molecule has 0 atom stereocenters. The summed E-state index contributed by atoms with van der Waals surface area (Å²) in [5.41, 5.74) is 12.6. The predicted octanol–water partition coefficient (Wildman–Crippen LogP) is 2.77. The Balaban J connectivity index is 1.70. The minimum atomic E-state index is -0.455. The number of aryl methyl sites for hydroxylation is 2. The molecule has 2 heterocycles. The maximum Gasteiger partial charge on any atom is 0.269 e. The minimum Gasteiger partial charge on any atom is -0.393 e. The van der Waals surface area contributed by atoms with Crippen LogP contribution < -0.4 is 21.9 Å². The monoisotopic (exact) mass is 373 g/mol. The second kappa shape index (κ2) is 7.31. The van der Waals surface area contributed by atoms with Crippen molar-refractivity contribution in [2.45, 2.75) is 13.8 Å². The van der Waals surface area contributed by atoms with E-state index < -0.39 is 11.7 Å². The van der Waals surface area contributed by atoms with E-state index in [-0.39, 0.29) is 11.5 Å². The van der Waals surface area contributed by atoms with E-state index in [2.05, 4.69) is 31.1 Å². The highest BCUT2D eigenvalue weighted by atomic mass is 32.1. The average molecular weight is 373 g/mol. The van der Waals surface area contributed by atoms with Crippen LogP contribution in [0.1, 0.15) is 20.9 Å². The molecule has 0 saturated heterocycles. The fraction of sp³-hybridized carbons (Fsp3) is 0.125. The number of rotatable bonds is 5. The van der Waals surface area contributed by atoms with Gasteiger partial charge in [-0.1, -0.05) is 0 Å². The van der Waals surface area contributed by atoms with E-state index >= 15 is 0 Å². The van der Waals surface area contributed by atoms with Gasteiger partial charge in [-0.05, 0) is 38.1 Å². The van der Waals surface area contributed by atoms with E-state index in [1.807, 2.05) is 13.8 Å². The smallest absolute Gasteiger partial charge is 0.269 e. The van der Waals surface area contributed by atoms with Crippen molar-refractivity contribution in [3.05, 3.63) is 52.5 Å². The Bertz CT molecular complexity index is 923. The first-order valence-corrected chi connectivity index (χ1v) is 8.39. The Morgan fingerprint density at radius 1 is 1.15 bits per heavy atom. The molecule has 1 amide bonds. The molecule has 0 fully saturated rings. The molecule has 8 nitrogen and oxygen atoms in total. The number of hydrazine groups is 1. The van der Waals surface area contributed by atoms with Crippen LogP contribution in [0.3, 0.4) is 0 Å². The zero-order chi connectivity index (χ0) is 18.7. The summed E-state index contributed by atoms with van der Waals surface area (Å²) < 4.78 is 12.9. The van der Waals surface area contributed by atoms with E-state index in [1.54, 1.807) is 0 Å². The molecule has 5 N–H and O–H groups in total. The molecular weight excluding hydrogens is 357 g/mol. The van der Waals surface area contributed by atoms with Crippen LogP contribution in [0.2, 0.25) is 0 Å². The van der Waals surface area contributed by atoms with Crippen molar-refractivity contribution in [2.75, 3.05) is 16.5 Å². The largest absolute Gasteiger partial charge is 0.393 e. The lowest BCUT2D eigenvalue weighted by molar-refractivity contribution is 0.0962.